The summed E-state index contributed by atoms with van der Waals surface area (Å²) < 4.78 is 14.2. The molecule has 0 fully saturated rings. The third-order valence-electron chi connectivity index (χ3n) is 2.34. The molecule has 0 unspecified atom stereocenters. The zero-order chi connectivity index (χ0) is 12.3. The highest BCUT2D eigenvalue weighted by molar-refractivity contribution is 14.1. The van der Waals surface area contributed by atoms with Crippen LogP contribution in [0.5, 0.6) is 0 Å². The fourth-order valence-corrected chi connectivity index (χ4v) is 2.19. The van der Waals surface area contributed by atoms with Gasteiger partial charge in [-0.3, -0.25) is 0 Å². The van der Waals surface area contributed by atoms with Crippen LogP contribution in [-0.2, 0) is 0 Å². The zero-order valence-corrected chi connectivity index (χ0v) is 11.4. The summed E-state index contributed by atoms with van der Waals surface area (Å²) in [5, 5.41) is 0. The summed E-state index contributed by atoms with van der Waals surface area (Å²) in [4.78, 5) is 10.1. The molecule has 0 aliphatic carbocycles. The van der Waals surface area contributed by atoms with E-state index in [2.05, 4.69) is 32.6 Å². The summed E-state index contributed by atoms with van der Waals surface area (Å²) in [5.74, 6) is 0.554. The van der Waals surface area contributed by atoms with Crippen molar-refractivity contribution >= 4 is 34.1 Å². The Balaban J connectivity index is 2.44. The van der Waals surface area contributed by atoms with E-state index in [1.807, 2.05) is 17.9 Å². The van der Waals surface area contributed by atoms with Gasteiger partial charge in [-0.05, 0) is 47.7 Å². The number of benzene rings is 1. The van der Waals surface area contributed by atoms with E-state index in [9.17, 15) is 4.39 Å². The van der Waals surface area contributed by atoms with Crippen molar-refractivity contribution in [2.75, 3.05) is 11.4 Å². The molecule has 0 spiro atoms. The van der Waals surface area contributed by atoms with Crippen molar-refractivity contribution in [1.29, 1.82) is 0 Å². The first kappa shape index (κ1) is 12.2. The Morgan fingerprint density at radius 1 is 1.41 bits per heavy atom. The van der Waals surface area contributed by atoms with Crippen LogP contribution in [0.4, 0.5) is 15.9 Å². The quantitative estimate of drug-likeness (QED) is 0.800. The number of hydrogen-bond donors (Lipinski definition) is 0. The Morgan fingerprint density at radius 3 is 2.88 bits per heavy atom. The maximum atomic E-state index is 13.2. The lowest BCUT2D eigenvalue weighted by Crippen LogP contribution is -2.18. The van der Waals surface area contributed by atoms with Gasteiger partial charge in [0, 0.05) is 18.4 Å². The van der Waals surface area contributed by atoms with Crippen LogP contribution in [0.15, 0.2) is 36.8 Å². The average molecular weight is 343 g/mol. The molecule has 0 saturated heterocycles. The number of anilines is 2. The topological polar surface area (TPSA) is 29.0 Å². The Bertz CT molecular complexity index is 519. The van der Waals surface area contributed by atoms with E-state index in [0.717, 1.165) is 21.6 Å². The Labute approximate surface area is 113 Å². The van der Waals surface area contributed by atoms with Crippen molar-refractivity contribution in [3.8, 4) is 0 Å². The standard InChI is InChI=1S/C12H11FIN3/c1-2-17(10-5-3-4-9(13)6-10)12-11(14)7-15-8-16-12/h3-8H,2H2,1H3. The highest BCUT2D eigenvalue weighted by Gasteiger charge is 2.12. The Hall–Kier alpha value is -1.24. The third kappa shape index (κ3) is 2.71. The van der Waals surface area contributed by atoms with Gasteiger partial charge in [-0.2, -0.15) is 0 Å². The predicted octanol–water partition coefficient (Wildman–Crippen LogP) is 3.38. The number of nitrogens with zero attached hydrogens (tertiary/aromatic N) is 3. The number of halogens is 2. The molecule has 0 aliphatic heterocycles. The Kier molecular flexibility index (Phi) is 3.88. The molecule has 1 aromatic heterocycles. The van der Waals surface area contributed by atoms with Crippen LogP contribution in [0.3, 0.4) is 0 Å². The first-order valence-corrected chi connectivity index (χ1v) is 6.29. The fraction of sp³-hybridized carbons (Fsp3) is 0.167. The molecule has 3 nitrogen and oxygen atoms in total. The van der Waals surface area contributed by atoms with Crippen LogP contribution in [0, 0.1) is 9.39 Å². The van der Waals surface area contributed by atoms with Gasteiger partial charge >= 0.3 is 0 Å². The van der Waals surface area contributed by atoms with Crippen molar-refractivity contribution in [3.05, 3.63) is 46.2 Å². The molecule has 2 aromatic rings. The molecule has 1 heterocycles. The minimum atomic E-state index is -0.245. The second kappa shape index (κ2) is 5.39. The molecule has 0 radical (unpaired) electrons. The van der Waals surface area contributed by atoms with Crippen molar-refractivity contribution in [1.82, 2.24) is 9.97 Å². The lowest BCUT2D eigenvalue weighted by Gasteiger charge is -2.22. The van der Waals surface area contributed by atoms with E-state index in [1.165, 1.54) is 18.5 Å². The van der Waals surface area contributed by atoms with Crippen molar-refractivity contribution in [2.24, 2.45) is 0 Å². The van der Waals surface area contributed by atoms with Crippen LogP contribution in [0.1, 0.15) is 6.92 Å². The average Bonchev–Trinajstić information content (AvgIpc) is 2.33. The van der Waals surface area contributed by atoms with Crippen LogP contribution in [0.2, 0.25) is 0 Å². The molecule has 0 aliphatic rings. The summed E-state index contributed by atoms with van der Waals surface area (Å²) in [7, 11) is 0. The highest BCUT2D eigenvalue weighted by atomic mass is 127. The predicted molar refractivity (Wildman–Crippen MR) is 73.8 cm³/mol. The van der Waals surface area contributed by atoms with Gasteiger partial charge < -0.3 is 4.90 Å². The SMILES string of the molecule is CCN(c1cccc(F)c1)c1ncncc1I. The van der Waals surface area contributed by atoms with Gasteiger partial charge in [-0.1, -0.05) is 6.07 Å². The van der Waals surface area contributed by atoms with Crippen LogP contribution in [0.25, 0.3) is 0 Å². The summed E-state index contributed by atoms with van der Waals surface area (Å²) in [6.45, 7) is 2.72. The second-order valence-electron chi connectivity index (χ2n) is 3.42. The number of rotatable bonds is 3. The molecular weight excluding hydrogens is 332 g/mol. The van der Waals surface area contributed by atoms with Crippen molar-refractivity contribution in [2.45, 2.75) is 6.92 Å². The molecule has 0 saturated carbocycles. The molecule has 0 bridgehead atoms. The van der Waals surface area contributed by atoms with Gasteiger partial charge in [-0.25, -0.2) is 14.4 Å². The number of aromatic nitrogens is 2. The van der Waals surface area contributed by atoms with E-state index in [-0.39, 0.29) is 5.82 Å². The molecular formula is C12H11FIN3. The maximum Gasteiger partial charge on any atom is 0.149 e. The second-order valence-corrected chi connectivity index (χ2v) is 4.58. The van der Waals surface area contributed by atoms with E-state index in [0.29, 0.717) is 0 Å². The molecule has 88 valence electrons. The summed E-state index contributed by atoms with van der Waals surface area (Å²) in [6, 6.07) is 6.50. The van der Waals surface area contributed by atoms with E-state index in [4.69, 9.17) is 0 Å². The van der Waals surface area contributed by atoms with E-state index >= 15 is 0 Å². The zero-order valence-electron chi connectivity index (χ0n) is 9.27. The molecule has 2 rings (SSSR count). The lowest BCUT2D eigenvalue weighted by atomic mass is 10.2. The smallest absolute Gasteiger partial charge is 0.149 e. The fourth-order valence-electron chi connectivity index (χ4n) is 1.60. The molecule has 0 amide bonds. The van der Waals surface area contributed by atoms with Gasteiger partial charge in [0.2, 0.25) is 0 Å². The third-order valence-corrected chi connectivity index (χ3v) is 3.10. The largest absolute Gasteiger partial charge is 0.326 e. The van der Waals surface area contributed by atoms with Gasteiger partial charge in [0.15, 0.2) is 0 Å². The van der Waals surface area contributed by atoms with E-state index < -0.39 is 0 Å². The first-order chi connectivity index (χ1) is 8.22. The van der Waals surface area contributed by atoms with Gasteiger partial charge in [0.25, 0.3) is 0 Å². The molecule has 5 heteroatoms. The normalized spacial score (nSPS) is 10.3. The van der Waals surface area contributed by atoms with Crippen LogP contribution in [-0.4, -0.2) is 16.5 Å². The van der Waals surface area contributed by atoms with Crippen molar-refractivity contribution in [3.63, 3.8) is 0 Å². The minimum Gasteiger partial charge on any atom is -0.326 e. The summed E-state index contributed by atoms with van der Waals surface area (Å²) >= 11 is 2.17. The lowest BCUT2D eigenvalue weighted by molar-refractivity contribution is 0.627. The number of hydrogen-bond acceptors (Lipinski definition) is 3. The molecule has 17 heavy (non-hydrogen) atoms. The van der Waals surface area contributed by atoms with Gasteiger partial charge in [0.1, 0.15) is 18.0 Å². The molecule has 1 aromatic carbocycles. The van der Waals surface area contributed by atoms with Gasteiger partial charge in [0.05, 0.1) is 3.57 Å². The molecule has 0 N–H and O–H groups in total. The highest BCUT2D eigenvalue weighted by Crippen LogP contribution is 2.26. The summed E-state index contributed by atoms with van der Waals surface area (Å²) in [6.07, 6.45) is 3.24. The first-order valence-electron chi connectivity index (χ1n) is 5.21. The van der Waals surface area contributed by atoms with Crippen LogP contribution >= 0.6 is 22.6 Å². The van der Waals surface area contributed by atoms with Gasteiger partial charge in [-0.15, -0.1) is 0 Å². The summed E-state index contributed by atoms with van der Waals surface area (Å²) in [5.41, 5.74) is 0.795. The minimum absolute atomic E-state index is 0.245. The van der Waals surface area contributed by atoms with Crippen LogP contribution < -0.4 is 4.90 Å². The Morgan fingerprint density at radius 2 is 2.24 bits per heavy atom. The van der Waals surface area contributed by atoms with Crippen molar-refractivity contribution < 1.29 is 4.39 Å². The van der Waals surface area contributed by atoms with E-state index in [1.54, 1.807) is 12.3 Å². The monoisotopic (exact) mass is 343 g/mol. The maximum absolute atomic E-state index is 13.2. The molecule has 0 atom stereocenters.